The fraction of sp³-hybridized carbons (Fsp3) is 0.0714. The Morgan fingerprint density at radius 2 is 1.89 bits per heavy atom. The van der Waals surface area contributed by atoms with Crippen LogP contribution in [0.5, 0.6) is 0 Å². The van der Waals surface area contributed by atoms with Gasteiger partial charge >= 0.3 is 0 Å². The van der Waals surface area contributed by atoms with Gasteiger partial charge in [-0.25, -0.2) is 4.98 Å². The first-order valence-corrected chi connectivity index (χ1v) is 7.29. The van der Waals surface area contributed by atoms with Crippen molar-refractivity contribution >= 4 is 50.2 Å². The van der Waals surface area contributed by atoms with E-state index in [-0.39, 0.29) is 5.38 Å². The van der Waals surface area contributed by atoms with Crippen LogP contribution in [0.4, 0.5) is 0 Å². The van der Waals surface area contributed by atoms with Crippen molar-refractivity contribution in [2.75, 3.05) is 0 Å². The van der Waals surface area contributed by atoms with Crippen LogP contribution in [0.15, 0.2) is 46.9 Å². The summed E-state index contributed by atoms with van der Waals surface area (Å²) in [6, 6.07) is 13.5. The van der Waals surface area contributed by atoms with E-state index in [1.807, 2.05) is 42.5 Å². The van der Waals surface area contributed by atoms with E-state index in [2.05, 4.69) is 25.9 Å². The molecule has 1 atom stereocenters. The van der Waals surface area contributed by atoms with Gasteiger partial charge < -0.3 is 4.98 Å². The molecule has 1 unspecified atom stereocenters. The second kappa shape index (κ2) is 5.16. The second-order valence-corrected chi connectivity index (χ2v) is 5.91. The van der Waals surface area contributed by atoms with Crippen LogP contribution in [0.1, 0.15) is 16.8 Å². The number of fused-ring (bicyclic) bond motifs is 1. The van der Waals surface area contributed by atoms with Crippen LogP contribution in [0, 0.1) is 0 Å². The average molecular weight is 356 g/mol. The maximum absolute atomic E-state index is 6.45. The molecule has 96 valence electrons. The maximum Gasteiger partial charge on any atom is 0.129 e. The Morgan fingerprint density at radius 1 is 1.16 bits per heavy atom. The lowest BCUT2D eigenvalue weighted by Crippen LogP contribution is -1.94. The summed E-state index contributed by atoms with van der Waals surface area (Å²) in [4.78, 5) is 7.75. The largest absolute Gasteiger partial charge is 0.340 e. The minimum atomic E-state index is -0.306. The van der Waals surface area contributed by atoms with Crippen molar-refractivity contribution in [1.82, 2.24) is 9.97 Å². The van der Waals surface area contributed by atoms with Crippen molar-refractivity contribution in [1.29, 1.82) is 0 Å². The van der Waals surface area contributed by atoms with Gasteiger partial charge in [0.05, 0.1) is 5.52 Å². The fourth-order valence-electron chi connectivity index (χ4n) is 1.96. The molecule has 1 N–H and O–H groups in total. The molecule has 3 rings (SSSR count). The van der Waals surface area contributed by atoms with E-state index in [1.54, 1.807) is 0 Å². The number of aromatic nitrogens is 2. The monoisotopic (exact) mass is 354 g/mol. The molecule has 0 aliphatic carbocycles. The highest BCUT2D eigenvalue weighted by molar-refractivity contribution is 9.10. The molecule has 1 aromatic heterocycles. The lowest BCUT2D eigenvalue weighted by Gasteiger charge is -2.05. The number of hydrogen-bond donors (Lipinski definition) is 1. The van der Waals surface area contributed by atoms with E-state index in [4.69, 9.17) is 23.2 Å². The van der Waals surface area contributed by atoms with Crippen molar-refractivity contribution in [2.45, 2.75) is 5.38 Å². The number of nitrogens with one attached hydrogen (secondary N) is 1. The maximum atomic E-state index is 6.45. The van der Waals surface area contributed by atoms with Gasteiger partial charge in [0.25, 0.3) is 0 Å². The van der Waals surface area contributed by atoms with Gasteiger partial charge in [0.2, 0.25) is 0 Å². The number of aromatic amines is 1. The van der Waals surface area contributed by atoms with Crippen LogP contribution in [0.25, 0.3) is 11.0 Å². The molecule has 0 fully saturated rings. The summed E-state index contributed by atoms with van der Waals surface area (Å²) in [5, 5.41) is 0.347. The molecule has 0 spiro atoms. The van der Waals surface area contributed by atoms with Crippen molar-refractivity contribution in [3.8, 4) is 0 Å². The fourth-order valence-corrected chi connectivity index (χ4v) is 3.11. The van der Waals surface area contributed by atoms with Crippen LogP contribution >= 0.6 is 39.1 Å². The molecule has 3 aromatic rings. The molecule has 0 bridgehead atoms. The number of H-pyrrole nitrogens is 1. The molecule has 2 nitrogen and oxygen atoms in total. The zero-order valence-electron chi connectivity index (χ0n) is 9.70. The Balaban J connectivity index is 2.09. The molecule has 0 aliphatic heterocycles. The van der Waals surface area contributed by atoms with E-state index >= 15 is 0 Å². The highest BCUT2D eigenvalue weighted by Crippen LogP contribution is 2.32. The van der Waals surface area contributed by atoms with Gasteiger partial charge in [0.15, 0.2) is 0 Å². The number of halogens is 3. The molecular formula is C14H9BrCl2N2. The van der Waals surface area contributed by atoms with Crippen molar-refractivity contribution in [3.63, 3.8) is 0 Å². The molecule has 0 radical (unpaired) electrons. The third-order valence-electron chi connectivity index (χ3n) is 2.86. The van der Waals surface area contributed by atoms with Gasteiger partial charge in [-0.1, -0.05) is 41.9 Å². The van der Waals surface area contributed by atoms with E-state index in [9.17, 15) is 0 Å². The van der Waals surface area contributed by atoms with Gasteiger partial charge in [0.1, 0.15) is 16.7 Å². The number of alkyl halides is 1. The van der Waals surface area contributed by atoms with Crippen molar-refractivity contribution < 1.29 is 0 Å². The quantitative estimate of drug-likeness (QED) is 0.620. The number of imidazole rings is 1. The summed E-state index contributed by atoms with van der Waals surface area (Å²) in [6.07, 6.45) is 0. The predicted octanol–water partition coefficient (Wildman–Crippen LogP) is 5.31. The first-order valence-electron chi connectivity index (χ1n) is 5.69. The lowest BCUT2D eigenvalue weighted by atomic mass is 10.1. The van der Waals surface area contributed by atoms with E-state index < -0.39 is 0 Å². The van der Waals surface area contributed by atoms with Gasteiger partial charge in [-0.2, -0.15) is 0 Å². The summed E-state index contributed by atoms with van der Waals surface area (Å²) in [5.41, 5.74) is 2.71. The average Bonchev–Trinajstić information content (AvgIpc) is 2.83. The van der Waals surface area contributed by atoms with E-state index in [1.165, 1.54) is 0 Å². The first kappa shape index (κ1) is 13.0. The molecule has 0 aliphatic rings. The Hall–Kier alpha value is -1.03. The predicted molar refractivity (Wildman–Crippen MR) is 82.9 cm³/mol. The summed E-state index contributed by atoms with van der Waals surface area (Å²) >= 11 is 15.9. The SMILES string of the molecule is Clc1cc(Br)c2nc(C(Cl)c3ccccc3)[nH]c2c1. The van der Waals surface area contributed by atoms with Crippen LogP contribution in [-0.4, -0.2) is 9.97 Å². The standard InChI is InChI=1S/C14H9BrCl2N2/c15-10-6-9(16)7-11-13(10)19-14(18-11)12(17)8-4-2-1-3-5-8/h1-7,12H,(H,18,19). The highest BCUT2D eigenvalue weighted by Gasteiger charge is 2.16. The Kier molecular flexibility index (Phi) is 3.52. The molecule has 0 saturated carbocycles. The topological polar surface area (TPSA) is 28.7 Å². The Morgan fingerprint density at radius 3 is 2.63 bits per heavy atom. The third kappa shape index (κ3) is 2.50. The summed E-state index contributed by atoms with van der Waals surface area (Å²) in [5.74, 6) is 0.714. The number of benzene rings is 2. The molecule has 0 saturated heterocycles. The van der Waals surface area contributed by atoms with Crippen molar-refractivity contribution in [2.24, 2.45) is 0 Å². The lowest BCUT2D eigenvalue weighted by molar-refractivity contribution is 1.00. The van der Waals surface area contributed by atoms with Gasteiger partial charge in [0, 0.05) is 9.50 Å². The van der Waals surface area contributed by atoms with Gasteiger partial charge in [-0.3, -0.25) is 0 Å². The zero-order valence-corrected chi connectivity index (χ0v) is 12.8. The molecular weight excluding hydrogens is 347 g/mol. The highest BCUT2D eigenvalue weighted by atomic mass is 79.9. The molecule has 19 heavy (non-hydrogen) atoms. The minimum absolute atomic E-state index is 0.306. The van der Waals surface area contributed by atoms with Crippen LogP contribution in [0.3, 0.4) is 0 Å². The number of rotatable bonds is 2. The summed E-state index contributed by atoms with van der Waals surface area (Å²) < 4.78 is 0.856. The smallest absolute Gasteiger partial charge is 0.129 e. The molecule has 1 heterocycles. The Labute approximate surface area is 128 Å². The number of nitrogens with zero attached hydrogens (tertiary/aromatic N) is 1. The molecule has 5 heteroatoms. The first-order chi connectivity index (χ1) is 9.15. The third-order valence-corrected chi connectivity index (χ3v) is 4.14. The van der Waals surface area contributed by atoms with E-state index in [0.717, 1.165) is 21.1 Å². The van der Waals surface area contributed by atoms with Crippen LogP contribution in [0.2, 0.25) is 5.02 Å². The van der Waals surface area contributed by atoms with Crippen LogP contribution in [-0.2, 0) is 0 Å². The van der Waals surface area contributed by atoms with Crippen molar-refractivity contribution in [3.05, 3.63) is 63.3 Å². The van der Waals surface area contributed by atoms with Crippen LogP contribution < -0.4 is 0 Å². The summed E-state index contributed by atoms with van der Waals surface area (Å²) in [6.45, 7) is 0. The Bertz CT molecular complexity index is 725. The summed E-state index contributed by atoms with van der Waals surface area (Å²) in [7, 11) is 0. The second-order valence-electron chi connectivity index (χ2n) is 4.18. The zero-order chi connectivity index (χ0) is 13.4. The van der Waals surface area contributed by atoms with Gasteiger partial charge in [-0.15, -0.1) is 11.6 Å². The number of hydrogen-bond acceptors (Lipinski definition) is 1. The molecule has 0 amide bonds. The minimum Gasteiger partial charge on any atom is -0.340 e. The molecule has 2 aromatic carbocycles. The van der Waals surface area contributed by atoms with Gasteiger partial charge in [-0.05, 0) is 33.6 Å². The van der Waals surface area contributed by atoms with E-state index in [0.29, 0.717) is 10.8 Å². The normalized spacial score (nSPS) is 12.8.